The Hall–Kier alpha value is -1.07. The number of nitro groups is 1. The van der Waals surface area contributed by atoms with Crippen molar-refractivity contribution in [3.63, 3.8) is 0 Å². The minimum Gasteiger partial charge on any atom is -0.303 e. The lowest BCUT2D eigenvalue weighted by Crippen LogP contribution is -2.13. The molecular weight excluding hydrogens is 250 g/mol. The van der Waals surface area contributed by atoms with Crippen LogP contribution in [0.15, 0.2) is 23.1 Å². The fraction of sp³-hybridized carbons (Fsp3) is 0.300. The van der Waals surface area contributed by atoms with Crippen LogP contribution in [0.5, 0.6) is 0 Å². The Labute approximate surface area is 101 Å². The van der Waals surface area contributed by atoms with Crippen molar-refractivity contribution in [1.29, 1.82) is 0 Å². The van der Waals surface area contributed by atoms with Gasteiger partial charge in [0.15, 0.2) is 0 Å². The topological polar surface area (TPSA) is 60.2 Å². The highest BCUT2D eigenvalue weighted by atomic mass is 35.5. The van der Waals surface area contributed by atoms with E-state index in [0.717, 1.165) is 11.2 Å². The van der Waals surface area contributed by atoms with Gasteiger partial charge in [-0.25, -0.2) is 0 Å². The number of carbonyl (C=O) groups excluding carboxylic acids is 1. The summed E-state index contributed by atoms with van der Waals surface area (Å²) in [6, 6.07) is 4.55. The van der Waals surface area contributed by atoms with Gasteiger partial charge < -0.3 is 4.79 Å². The van der Waals surface area contributed by atoms with Crippen LogP contribution in [0.1, 0.15) is 17.9 Å². The second kappa shape index (κ2) is 4.43. The van der Waals surface area contributed by atoms with Crippen LogP contribution in [-0.4, -0.2) is 15.9 Å². The van der Waals surface area contributed by atoms with Crippen molar-refractivity contribution in [1.82, 2.24) is 0 Å². The average molecular weight is 258 g/mol. The molecule has 1 aromatic rings. The maximum absolute atomic E-state index is 10.9. The predicted molar refractivity (Wildman–Crippen MR) is 62.0 cm³/mol. The Morgan fingerprint density at radius 1 is 1.56 bits per heavy atom. The Balaban J connectivity index is 2.47. The third-order valence-corrected chi connectivity index (χ3v) is 3.98. The van der Waals surface area contributed by atoms with Gasteiger partial charge in [-0.3, -0.25) is 10.1 Å². The Bertz CT molecular complexity index is 452. The molecule has 16 heavy (non-hydrogen) atoms. The second-order valence-corrected chi connectivity index (χ2v) is 5.52. The fourth-order valence-corrected chi connectivity index (χ4v) is 3.24. The predicted octanol–water partition coefficient (Wildman–Crippen LogP) is 2.94. The van der Waals surface area contributed by atoms with Crippen LogP contribution < -0.4 is 0 Å². The van der Waals surface area contributed by atoms with Crippen LogP contribution in [0.3, 0.4) is 0 Å². The summed E-state index contributed by atoms with van der Waals surface area (Å²) in [4.78, 5) is 21.9. The maximum atomic E-state index is 10.9. The highest BCUT2D eigenvalue weighted by molar-refractivity contribution is 8.01. The summed E-state index contributed by atoms with van der Waals surface area (Å²) in [6.45, 7) is 0. The SMILES string of the molecule is O=CC1CC(Cl)Sc2ccc([N+](=O)[O-])cc21. The number of aldehydes is 1. The Kier molecular flexibility index (Phi) is 3.16. The molecule has 0 N–H and O–H groups in total. The monoisotopic (exact) mass is 257 g/mol. The molecule has 1 aliphatic rings. The van der Waals surface area contributed by atoms with Crippen LogP contribution in [-0.2, 0) is 4.79 Å². The number of halogens is 1. The number of alkyl halides is 1. The lowest BCUT2D eigenvalue weighted by molar-refractivity contribution is -0.385. The van der Waals surface area contributed by atoms with E-state index >= 15 is 0 Å². The standard InChI is InChI=1S/C10H8ClNO3S/c11-10-3-6(5-13)8-4-7(12(14)15)1-2-9(8)16-10/h1-2,4-6,10H,3H2. The molecule has 2 atom stereocenters. The zero-order chi connectivity index (χ0) is 11.7. The summed E-state index contributed by atoms with van der Waals surface area (Å²) in [7, 11) is 0. The molecule has 0 fully saturated rings. The lowest BCUT2D eigenvalue weighted by Gasteiger charge is -2.23. The largest absolute Gasteiger partial charge is 0.303 e. The maximum Gasteiger partial charge on any atom is 0.269 e. The fourth-order valence-electron chi connectivity index (χ4n) is 1.69. The number of carbonyl (C=O) groups is 1. The molecule has 0 radical (unpaired) electrons. The van der Waals surface area contributed by atoms with Crippen molar-refractivity contribution in [2.45, 2.75) is 21.9 Å². The molecular formula is C10H8ClNO3S. The molecule has 84 valence electrons. The number of nitrogens with zero attached hydrogens (tertiary/aromatic N) is 1. The van der Waals surface area contributed by atoms with E-state index in [9.17, 15) is 14.9 Å². The number of non-ortho nitro benzene ring substituents is 1. The molecule has 0 bridgehead atoms. The van der Waals surface area contributed by atoms with E-state index < -0.39 is 4.92 Å². The van der Waals surface area contributed by atoms with E-state index in [1.54, 1.807) is 6.07 Å². The Morgan fingerprint density at radius 3 is 2.94 bits per heavy atom. The van der Waals surface area contributed by atoms with Gasteiger partial charge in [-0.15, -0.1) is 23.4 Å². The first kappa shape index (κ1) is 11.4. The summed E-state index contributed by atoms with van der Waals surface area (Å²) < 4.78 is -0.149. The molecule has 6 heteroatoms. The molecule has 1 aromatic carbocycles. The van der Waals surface area contributed by atoms with Gasteiger partial charge in [0.25, 0.3) is 5.69 Å². The van der Waals surface area contributed by atoms with Crippen LogP contribution in [0.25, 0.3) is 0 Å². The van der Waals surface area contributed by atoms with Gasteiger partial charge in [0.05, 0.1) is 9.63 Å². The molecule has 0 aliphatic carbocycles. The van der Waals surface area contributed by atoms with E-state index in [1.165, 1.54) is 23.9 Å². The van der Waals surface area contributed by atoms with E-state index in [0.29, 0.717) is 12.0 Å². The van der Waals surface area contributed by atoms with Crippen LogP contribution in [0.2, 0.25) is 0 Å². The molecule has 0 saturated carbocycles. The molecule has 0 spiro atoms. The van der Waals surface area contributed by atoms with Gasteiger partial charge >= 0.3 is 0 Å². The Morgan fingerprint density at radius 2 is 2.31 bits per heavy atom. The van der Waals surface area contributed by atoms with Gasteiger partial charge in [-0.2, -0.15) is 0 Å². The first-order valence-electron chi connectivity index (χ1n) is 4.66. The first-order valence-corrected chi connectivity index (χ1v) is 5.98. The van der Waals surface area contributed by atoms with Gasteiger partial charge in [0.1, 0.15) is 6.29 Å². The van der Waals surface area contributed by atoms with E-state index in [1.807, 2.05) is 0 Å². The van der Waals surface area contributed by atoms with Crippen molar-refractivity contribution in [2.75, 3.05) is 0 Å². The third-order valence-electron chi connectivity index (χ3n) is 2.46. The van der Waals surface area contributed by atoms with E-state index in [4.69, 9.17) is 11.6 Å². The van der Waals surface area contributed by atoms with Gasteiger partial charge in [0.2, 0.25) is 0 Å². The van der Waals surface area contributed by atoms with Crippen molar-refractivity contribution in [2.24, 2.45) is 0 Å². The van der Waals surface area contributed by atoms with Crippen molar-refractivity contribution < 1.29 is 9.72 Å². The molecule has 0 saturated heterocycles. The molecule has 0 aromatic heterocycles. The minimum absolute atomic E-state index is 0.0132. The highest BCUT2D eigenvalue weighted by Gasteiger charge is 2.27. The quantitative estimate of drug-likeness (QED) is 0.354. The molecule has 4 nitrogen and oxygen atoms in total. The summed E-state index contributed by atoms with van der Waals surface area (Å²) in [5, 5.41) is 10.6. The number of hydrogen-bond donors (Lipinski definition) is 0. The smallest absolute Gasteiger partial charge is 0.269 e. The number of benzene rings is 1. The normalized spacial score (nSPS) is 23.6. The van der Waals surface area contributed by atoms with E-state index in [-0.39, 0.29) is 16.3 Å². The molecule has 2 unspecified atom stereocenters. The summed E-state index contributed by atoms with van der Waals surface area (Å²) in [5.41, 5.74) is 0.727. The van der Waals surface area contributed by atoms with Crippen molar-refractivity contribution in [3.8, 4) is 0 Å². The average Bonchev–Trinajstić information content (AvgIpc) is 2.27. The highest BCUT2D eigenvalue weighted by Crippen LogP contribution is 2.43. The van der Waals surface area contributed by atoms with Crippen molar-refractivity contribution in [3.05, 3.63) is 33.9 Å². The minimum atomic E-state index is -0.459. The molecule has 0 amide bonds. The third kappa shape index (κ3) is 2.05. The second-order valence-electron chi connectivity index (χ2n) is 3.49. The number of rotatable bonds is 2. The molecule has 1 heterocycles. The zero-order valence-electron chi connectivity index (χ0n) is 8.13. The summed E-state index contributed by atoms with van der Waals surface area (Å²) in [6.07, 6.45) is 1.32. The lowest BCUT2D eigenvalue weighted by atomic mass is 9.97. The van der Waals surface area contributed by atoms with E-state index in [2.05, 4.69) is 0 Å². The zero-order valence-corrected chi connectivity index (χ0v) is 9.70. The van der Waals surface area contributed by atoms with Gasteiger partial charge in [-0.05, 0) is 18.1 Å². The summed E-state index contributed by atoms with van der Waals surface area (Å²) in [5.74, 6) is -0.335. The van der Waals surface area contributed by atoms with Crippen molar-refractivity contribution >= 4 is 35.3 Å². The van der Waals surface area contributed by atoms with Crippen LogP contribution in [0.4, 0.5) is 5.69 Å². The van der Waals surface area contributed by atoms with Gasteiger partial charge in [-0.1, -0.05) is 0 Å². The number of hydrogen-bond acceptors (Lipinski definition) is 4. The molecule has 1 aliphatic heterocycles. The van der Waals surface area contributed by atoms with Crippen LogP contribution >= 0.6 is 23.4 Å². The number of nitro benzene ring substituents is 1. The number of fused-ring (bicyclic) bond motifs is 1. The first-order chi connectivity index (χ1) is 7.61. The summed E-state index contributed by atoms with van der Waals surface area (Å²) >= 11 is 7.43. The number of thioether (sulfide) groups is 1. The van der Waals surface area contributed by atoms with Crippen LogP contribution in [0, 0.1) is 10.1 Å². The molecule has 2 rings (SSSR count). The van der Waals surface area contributed by atoms with Gasteiger partial charge in [0, 0.05) is 22.9 Å².